The minimum Gasteiger partial charge on any atom is -0.495 e. The van der Waals surface area contributed by atoms with Crippen LogP contribution in [0.15, 0.2) is 18.2 Å². The van der Waals surface area contributed by atoms with Crippen LogP contribution in [0.3, 0.4) is 0 Å². The van der Waals surface area contributed by atoms with Crippen LogP contribution in [0.5, 0.6) is 11.5 Å². The summed E-state index contributed by atoms with van der Waals surface area (Å²) in [5.41, 5.74) is 6.98. The Labute approximate surface area is 109 Å². The summed E-state index contributed by atoms with van der Waals surface area (Å²) in [6, 6.07) is 5.63. The van der Waals surface area contributed by atoms with Crippen molar-refractivity contribution in [2.45, 2.75) is 45.6 Å². The molecule has 18 heavy (non-hydrogen) atoms. The molecule has 3 heteroatoms. The molecule has 1 aromatic carbocycles. The van der Waals surface area contributed by atoms with E-state index in [-0.39, 0.29) is 0 Å². The molecule has 1 aliphatic carbocycles. The van der Waals surface area contributed by atoms with E-state index in [1.807, 2.05) is 18.2 Å². The molecule has 2 N–H and O–H groups in total. The van der Waals surface area contributed by atoms with Gasteiger partial charge in [0.25, 0.3) is 0 Å². The predicted molar refractivity (Wildman–Crippen MR) is 74.1 cm³/mol. The first-order chi connectivity index (χ1) is 8.50. The molecule has 0 bridgehead atoms. The lowest BCUT2D eigenvalue weighted by Gasteiger charge is -2.34. The average Bonchev–Trinajstić information content (AvgIpc) is 2.32. The van der Waals surface area contributed by atoms with Crippen LogP contribution in [0.2, 0.25) is 0 Å². The van der Waals surface area contributed by atoms with E-state index in [4.69, 9.17) is 15.2 Å². The van der Waals surface area contributed by atoms with Gasteiger partial charge in [0.15, 0.2) is 0 Å². The highest BCUT2D eigenvalue weighted by atomic mass is 16.5. The van der Waals surface area contributed by atoms with E-state index in [0.29, 0.717) is 23.0 Å². The van der Waals surface area contributed by atoms with E-state index in [1.54, 1.807) is 7.11 Å². The molecule has 1 aliphatic rings. The number of nitrogens with two attached hydrogens (primary N) is 1. The van der Waals surface area contributed by atoms with E-state index in [9.17, 15) is 0 Å². The second-order valence-electron chi connectivity index (χ2n) is 5.89. The van der Waals surface area contributed by atoms with Crippen molar-refractivity contribution in [2.24, 2.45) is 5.41 Å². The molecule has 0 unspecified atom stereocenters. The molecular weight excluding hydrogens is 226 g/mol. The fourth-order valence-electron chi connectivity index (χ4n) is 2.47. The summed E-state index contributed by atoms with van der Waals surface area (Å²) < 4.78 is 11.1. The summed E-state index contributed by atoms with van der Waals surface area (Å²) in [4.78, 5) is 0. The maximum Gasteiger partial charge on any atom is 0.142 e. The van der Waals surface area contributed by atoms with Crippen molar-refractivity contribution in [3.63, 3.8) is 0 Å². The third-order valence-electron chi connectivity index (χ3n) is 3.79. The number of rotatable bonds is 3. The van der Waals surface area contributed by atoms with Gasteiger partial charge in [-0.25, -0.2) is 0 Å². The Balaban J connectivity index is 1.96. The second-order valence-corrected chi connectivity index (χ2v) is 5.89. The van der Waals surface area contributed by atoms with Crippen LogP contribution in [0, 0.1) is 5.41 Å². The third-order valence-corrected chi connectivity index (χ3v) is 3.79. The smallest absolute Gasteiger partial charge is 0.142 e. The van der Waals surface area contributed by atoms with Crippen LogP contribution in [0.4, 0.5) is 5.69 Å². The summed E-state index contributed by atoms with van der Waals surface area (Å²) >= 11 is 0. The number of nitrogen functional groups attached to an aromatic ring is 1. The molecule has 0 aromatic heterocycles. The molecule has 1 aromatic rings. The molecule has 0 saturated heterocycles. The van der Waals surface area contributed by atoms with Gasteiger partial charge in [-0.1, -0.05) is 13.8 Å². The summed E-state index contributed by atoms with van der Waals surface area (Å²) in [7, 11) is 1.62. The lowest BCUT2D eigenvalue weighted by Crippen LogP contribution is -2.28. The van der Waals surface area contributed by atoms with Crippen molar-refractivity contribution in [3.05, 3.63) is 18.2 Å². The van der Waals surface area contributed by atoms with E-state index >= 15 is 0 Å². The SMILES string of the molecule is COc1ccc(OC2CCC(C)(C)CC2)cc1N. The topological polar surface area (TPSA) is 44.5 Å². The number of hydrogen-bond donors (Lipinski definition) is 1. The number of hydrogen-bond acceptors (Lipinski definition) is 3. The van der Waals surface area contributed by atoms with Crippen molar-refractivity contribution in [3.8, 4) is 11.5 Å². The fourth-order valence-corrected chi connectivity index (χ4v) is 2.47. The van der Waals surface area contributed by atoms with Crippen LogP contribution >= 0.6 is 0 Å². The molecular formula is C15H23NO2. The van der Waals surface area contributed by atoms with Crippen molar-refractivity contribution >= 4 is 5.69 Å². The first-order valence-electron chi connectivity index (χ1n) is 6.60. The van der Waals surface area contributed by atoms with Crippen LogP contribution < -0.4 is 15.2 Å². The Morgan fingerprint density at radius 1 is 1.22 bits per heavy atom. The summed E-state index contributed by atoms with van der Waals surface area (Å²) in [6.07, 6.45) is 5.02. The zero-order valence-electron chi connectivity index (χ0n) is 11.5. The van der Waals surface area contributed by atoms with Gasteiger partial charge in [0.1, 0.15) is 11.5 Å². The third kappa shape index (κ3) is 3.09. The van der Waals surface area contributed by atoms with Crippen LogP contribution in [0.25, 0.3) is 0 Å². The number of methoxy groups -OCH3 is 1. The van der Waals surface area contributed by atoms with Crippen molar-refractivity contribution in [1.82, 2.24) is 0 Å². The second kappa shape index (κ2) is 5.09. The van der Waals surface area contributed by atoms with Crippen molar-refractivity contribution in [1.29, 1.82) is 0 Å². The molecule has 1 fully saturated rings. The number of ether oxygens (including phenoxy) is 2. The Morgan fingerprint density at radius 2 is 1.89 bits per heavy atom. The molecule has 0 aliphatic heterocycles. The minimum absolute atomic E-state index is 0.325. The molecule has 0 spiro atoms. The van der Waals surface area contributed by atoms with Gasteiger partial charge in [-0.3, -0.25) is 0 Å². The van der Waals surface area contributed by atoms with Gasteiger partial charge in [-0.2, -0.15) is 0 Å². The Bertz CT molecular complexity index is 405. The molecule has 0 radical (unpaired) electrons. The van der Waals surface area contributed by atoms with Crippen LogP contribution in [0.1, 0.15) is 39.5 Å². The van der Waals surface area contributed by atoms with Gasteiger partial charge < -0.3 is 15.2 Å². The molecule has 0 amide bonds. The van der Waals surface area contributed by atoms with E-state index in [1.165, 1.54) is 12.8 Å². The largest absolute Gasteiger partial charge is 0.495 e. The average molecular weight is 249 g/mol. The van der Waals surface area contributed by atoms with E-state index in [0.717, 1.165) is 18.6 Å². The highest BCUT2D eigenvalue weighted by Gasteiger charge is 2.27. The molecule has 3 nitrogen and oxygen atoms in total. The molecule has 100 valence electrons. The molecule has 0 atom stereocenters. The monoisotopic (exact) mass is 249 g/mol. The van der Waals surface area contributed by atoms with Gasteiger partial charge in [-0.15, -0.1) is 0 Å². The highest BCUT2D eigenvalue weighted by molar-refractivity contribution is 5.56. The van der Waals surface area contributed by atoms with Gasteiger partial charge in [-0.05, 0) is 43.2 Å². The fraction of sp³-hybridized carbons (Fsp3) is 0.600. The lowest BCUT2D eigenvalue weighted by molar-refractivity contribution is 0.0988. The van der Waals surface area contributed by atoms with Crippen molar-refractivity contribution in [2.75, 3.05) is 12.8 Å². The maximum absolute atomic E-state index is 5.99. The number of anilines is 1. The molecule has 0 heterocycles. The normalized spacial score (nSPS) is 19.5. The lowest BCUT2D eigenvalue weighted by atomic mass is 9.76. The van der Waals surface area contributed by atoms with E-state index < -0.39 is 0 Å². The Kier molecular flexibility index (Phi) is 3.69. The zero-order chi connectivity index (χ0) is 13.2. The van der Waals surface area contributed by atoms with Crippen molar-refractivity contribution < 1.29 is 9.47 Å². The zero-order valence-corrected chi connectivity index (χ0v) is 11.5. The first-order valence-corrected chi connectivity index (χ1v) is 6.60. The summed E-state index contributed by atoms with van der Waals surface area (Å²) in [5.74, 6) is 1.55. The highest BCUT2D eigenvalue weighted by Crippen LogP contribution is 2.37. The Hall–Kier alpha value is -1.38. The summed E-state index contributed by atoms with van der Waals surface area (Å²) in [5, 5.41) is 0. The maximum atomic E-state index is 5.99. The standard InChI is InChI=1S/C15H23NO2/c1-15(2)8-6-11(7-9-15)18-12-4-5-14(17-3)13(16)10-12/h4-5,10-11H,6-9,16H2,1-3H3. The van der Waals surface area contributed by atoms with Gasteiger partial charge >= 0.3 is 0 Å². The van der Waals surface area contributed by atoms with E-state index in [2.05, 4.69) is 13.8 Å². The first kappa shape index (κ1) is 13.1. The van der Waals surface area contributed by atoms with Crippen LogP contribution in [-0.2, 0) is 0 Å². The van der Waals surface area contributed by atoms with Gasteiger partial charge in [0.05, 0.1) is 18.9 Å². The Morgan fingerprint density at radius 3 is 2.44 bits per heavy atom. The summed E-state index contributed by atoms with van der Waals surface area (Å²) in [6.45, 7) is 4.66. The minimum atomic E-state index is 0.325. The quantitative estimate of drug-likeness (QED) is 0.832. The van der Waals surface area contributed by atoms with Gasteiger partial charge in [0.2, 0.25) is 0 Å². The molecule has 1 saturated carbocycles. The van der Waals surface area contributed by atoms with Crippen LogP contribution in [-0.4, -0.2) is 13.2 Å². The predicted octanol–water partition coefficient (Wildman–Crippen LogP) is 3.63. The molecule has 2 rings (SSSR count). The van der Waals surface area contributed by atoms with Gasteiger partial charge in [0, 0.05) is 6.07 Å². The number of benzene rings is 1.